The zero-order valence-corrected chi connectivity index (χ0v) is 9.09. The monoisotopic (exact) mass is 226 g/mol. The van der Waals surface area contributed by atoms with Crippen molar-refractivity contribution in [1.82, 2.24) is 4.90 Å². The lowest BCUT2D eigenvalue weighted by Crippen LogP contribution is -2.37. The van der Waals surface area contributed by atoms with Crippen molar-refractivity contribution in [2.75, 3.05) is 26.3 Å². The molecule has 2 rings (SSSR count). The van der Waals surface area contributed by atoms with Gasteiger partial charge in [-0.3, -0.25) is 15.0 Å². The summed E-state index contributed by atoms with van der Waals surface area (Å²) in [5, 5.41) is 10.5. The molecule has 0 N–H and O–H groups in total. The molecular weight excluding hydrogens is 212 g/mol. The van der Waals surface area contributed by atoms with Crippen LogP contribution in [0.5, 0.6) is 0 Å². The molecule has 1 unspecified atom stereocenters. The zero-order valence-electron chi connectivity index (χ0n) is 9.09. The highest BCUT2D eigenvalue weighted by Gasteiger charge is 2.23. The molecule has 16 heavy (non-hydrogen) atoms. The number of rotatable bonds is 3. The van der Waals surface area contributed by atoms with Crippen molar-refractivity contribution >= 4 is 5.88 Å². The average Bonchev–Trinajstić information content (AvgIpc) is 2.78. The summed E-state index contributed by atoms with van der Waals surface area (Å²) in [6.45, 7) is 5.04. The minimum Gasteiger partial charge on any atom is -0.404 e. The van der Waals surface area contributed by atoms with E-state index in [0.717, 1.165) is 13.1 Å². The Labute approximate surface area is 92.9 Å². The molecule has 1 fully saturated rings. The molecule has 1 atom stereocenters. The van der Waals surface area contributed by atoms with Crippen LogP contribution in [0.3, 0.4) is 0 Å². The zero-order chi connectivity index (χ0) is 11.5. The Kier molecular flexibility index (Phi) is 3.21. The second-order valence-corrected chi connectivity index (χ2v) is 3.76. The van der Waals surface area contributed by atoms with Gasteiger partial charge in [-0.1, -0.05) is 0 Å². The molecule has 1 aliphatic rings. The number of furan rings is 1. The van der Waals surface area contributed by atoms with Gasteiger partial charge in [-0.15, -0.1) is 0 Å². The molecule has 0 bridgehead atoms. The van der Waals surface area contributed by atoms with Crippen LogP contribution in [-0.4, -0.2) is 36.1 Å². The molecule has 6 heteroatoms. The third-order valence-corrected chi connectivity index (χ3v) is 2.80. The van der Waals surface area contributed by atoms with E-state index < -0.39 is 4.92 Å². The number of morpholine rings is 1. The summed E-state index contributed by atoms with van der Waals surface area (Å²) in [4.78, 5) is 12.2. The summed E-state index contributed by atoms with van der Waals surface area (Å²) in [5.74, 6) is 0.434. The van der Waals surface area contributed by atoms with E-state index in [0.29, 0.717) is 19.0 Å². The van der Waals surface area contributed by atoms with E-state index >= 15 is 0 Å². The first-order valence-corrected chi connectivity index (χ1v) is 5.24. The Morgan fingerprint density at radius 3 is 2.69 bits per heavy atom. The number of hydrogen-bond acceptors (Lipinski definition) is 5. The normalized spacial score (nSPS) is 19.6. The van der Waals surface area contributed by atoms with Crippen LogP contribution in [0.25, 0.3) is 0 Å². The SMILES string of the molecule is CC(c1ccc([N+](=O)[O-])o1)N1CCOCC1. The van der Waals surface area contributed by atoms with Gasteiger partial charge in [-0.2, -0.15) is 0 Å². The molecule has 0 amide bonds. The summed E-state index contributed by atoms with van der Waals surface area (Å²) in [5.41, 5.74) is 0. The van der Waals surface area contributed by atoms with Gasteiger partial charge in [0.15, 0.2) is 0 Å². The lowest BCUT2D eigenvalue weighted by molar-refractivity contribution is -0.402. The van der Waals surface area contributed by atoms with Crippen molar-refractivity contribution in [3.8, 4) is 0 Å². The summed E-state index contributed by atoms with van der Waals surface area (Å²) >= 11 is 0. The van der Waals surface area contributed by atoms with E-state index in [4.69, 9.17) is 9.15 Å². The van der Waals surface area contributed by atoms with Crippen LogP contribution < -0.4 is 0 Å². The van der Waals surface area contributed by atoms with E-state index in [1.807, 2.05) is 6.92 Å². The lowest BCUT2D eigenvalue weighted by Gasteiger charge is -2.30. The molecule has 6 nitrogen and oxygen atoms in total. The maximum atomic E-state index is 10.5. The van der Waals surface area contributed by atoms with Gasteiger partial charge in [-0.05, 0) is 13.0 Å². The first-order valence-electron chi connectivity index (χ1n) is 5.24. The number of nitro groups is 1. The number of ether oxygens (including phenoxy) is 1. The Balaban J connectivity index is 2.07. The van der Waals surface area contributed by atoms with E-state index in [2.05, 4.69) is 4.90 Å². The van der Waals surface area contributed by atoms with Crippen molar-refractivity contribution < 1.29 is 14.1 Å². The van der Waals surface area contributed by atoms with Crippen LogP contribution in [0, 0.1) is 10.1 Å². The summed E-state index contributed by atoms with van der Waals surface area (Å²) < 4.78 is 10.4. The quantitative estimate of drug-likeness (QED) is 0.578. The third kappa shape index (κ3) is 2.23. The Bertz CT molecular complexity index is 371. The standard InChI is InChI=1S/C10H14N2O4/c1-8(11-4-6-15-7-5-11)9-2-3-10(16-9)12(13)14/h2-3,8H,4-7H2,1H3. The maximum Gasteiger partial charge on any atom is 0.433 e. The fourth-order valence-electron chi connectivity index (χ4n) is 1.81. The van der Waals surface area contributed by atoms with Crippen molar-refractivity contribution in [2.45, 2.75) is 13.0 Å². The van der Waals surface area contributed by atoms with E-state index in [-0.39, 0.29) is 11.9 Å². The minimum atomic E-state index is -0.518. The van der Waals surface area contributed by atoms with Crippen molar-refractivity contribution in [1.29, 1.82) is 0 Å². The van der Waals surface area contributed by atoms with Crippen LogP contribution in [0.15, 0.2) is 16.5 Å². The van der Waals surface area contributed by atoms with Crippen molar-refractivity contribution in [3.63, 3.8) is 0 Å². The summed E-state index contributed by atoms with van der Waals surface area (Å²) in [6, 6.07) is 3.11. The second kappa shape index (κ2) is 4.63. The Morgan fingerprint density at radius 1 is 1.44 bits per heavy atom. The molecule has 0 aromatic carbocycles. The van der Waals surface area contributed by atoms with Gasteiger partial charge in [0.2, 0.25) is 0 Å². The van der Waals surface area contributed by atoms with Crippen LogP contribution >= 0.6 is 0 Å². The smallest absolute Gasteiger partial charge is 0.404 e. The Morgan fingerprint density at radius 2 is 2.12 bits per heavy atom. The minimum absolute atomic E-state index is 0.0533. The predicted molar refractivity (Wildman–Crippen MR) is 56.2 cm³/mol. The van der Waals surface area contributed by atoms with Crippen LogP contribution in [0.4, 0.5) is 5.88 Å². The number of hydrogen-bond donors (Lipinski definition) is 0. The van der Waals surface area contributed by atoms with Crippen LogP contribution in [0.2, 0.25) is 0 Å². The fraction of sp³-hybridized carbons (Fsp3) is 0.600. The highest BCUT2D eigenvalue weighted by atomic mass is 16.6. The van der Waals surface area contributed by atoms with E-state index in [1.165, 1.54) is 6.07 Å². The highest BCUT2D eigenvalue weighted by molar-refractivity contribution is 5.19. The van der Waals surface area contributed by atoms with Gasteiger partial charge in [-0.25, -0.2) is 0 Å². The Hall–Kier alpha value is -1.40. The number of nitrogens with zero attached hydrogens (tertiary/aromatic N) is 2. The summed E-state index contributed by atoms with van der Waals surface area (Å²) in [6.07, 6.45) is 0. The fourth-order valence-corrected chi connectivity index (χ4v) is 1.81. The van der Waals surface area contributed by atoms with Gasteiger partial charge in [0.25, 0.3) is 0 Å². The van der Waals surface area contributed by atoms with Gasteiger partial charge in [0.1, 0.15) is 10.7 Å². The first kappa shape index (κ1) is 11.1. The molecule has 0 radical (unpaired) electrons. The van der Waals surface area contributed by atoms with Gasteiger partial charge in [0.05, 0.1) is 25.3 Å². The van der Waals surface area contributed by atoms with Gasteiger partial charge < -0.3 is 9.15 Å². The molecule has 88 valence electrons. The van der Waals surface area contributed by atoms with Gasteiger partial charge in [0, 0.05) is 13.1 Å². The molecule has 0 spiro atoms. The average molecular weight is 226 g/mol. The van der Waals surface area contributed by atoms with Crippen LogP contribution in [-0.2, 0) is 4.74 Å². The lowest BCUT2D eigenvalue weighted by atomic mass is 10.2. The molecule has 1 saturated heterocycles. The highest BCUT2D eigenvalue weighted by Crippen LogP contribution is 2.26. The van der Waals surface area contributed by atoms with Gasteiger partial charge >= 0.3 is 5.88 Å². The van der Waals surface area contributed by atoms with Crippen molar-refractivity contribution in [3.05, 3.63) is 28.0 Å². The molecule has 1 aromatic heterocycles. The first-order chi connectivity index (χ1) is 7.68. The molecule has 0 saturated carbocycles. The maximum absolute atomic E-state index is 10.5. The van der Waals surface area contributed by atoms with E-state index in [9.17, 15) is 10.1 Å². The van der Waals surface area contributed by atoms with Crippen LogP contribution in [0.1, 0.15) is 18.7 Å². The second-order valence-electron chi connectivity index (χ2n) is 3.76. The predicted octanol–water partition coefficient (Wildman–Crippen LogP) is 1.58. The third-order valence-electron chi connectivity index (χ3n) is 2.80. The molecule has 0 aliphatic carbocycles. The molecule has 2 heterocycles. The van der Waals surface area contributed by atoms with E-state index in [1.54, 1.807) is 6.07 Å². The topological polar surface area (TPSA) is 68.8 Å². The molecular formula is C10H14N2O4. The molecule has 1 aromatic rings. The van der Waals surface area contributed by atoms with Crippen molar-refractivity contribution in [2.24, 2.45) is 0 Å². The summed E-state index contributed by atoms with van der Waals surface area (Å²) in [7, 11) is 0. The largest absolute Gasteiger partial charge is 0.433 e. The molecule has 1 aliphatic heterocycles.